The second-order valence-corrected chi connectivity index (χ2v) is 5.10. The zero-order chi connectivity index (χ0) is 14.1. The highest BCUT2D eigenvalue weighted by Gasteiger charge is 2.27. The third-order valence-corrected chi connectivity index (χ3v) is 3.72. The van der Waals surface area contributed by atoms with E-state index in [-0.39, 0.29) is 11.7 Å². The van der Waals surface area contributed by atoms with Crippen molar-refractivity contribution in [3.63, 3.8) is 0 Å². The lowest BCUT2D eigenvalue weighted by molar-refractivity contribution is 0.0975. The van der Waals surface area contributed by atoms with Gasteiger partial charge in [-0.15, -0.1) is 5.10 Å². The van der Waals surface area contributed by atoms with Crippen molar-refractivity contribution >= 4 is 11.6 Å². The molecular weight excluding hydrogens is 252 g/mol. The lowest BCUT2D eigenvalue weighted by Crippen LogP contribution is -2.36. The highest BCUT2D eigenvalue weighted by molar-refractivity contribution is 6.04. The van der Waals surface area contributed by atoms with Crippen LogP contribution in [0, 0.1) is 6.92 Å². The molecule has 0 aliphatic carbocycles. The number of hydrogen-bond donors (Lipinski definition) is 1. The number of fused-ring (bicyclic) bond motifs is 1. The minimum atomic E-state index is -0.115. The SMILES string of the molecule is CCc1nc(C(=O)N2CCCc3cccc(C)c32)n[nH]1. The average Bonchev–Trinajstić information content (AvgIpc) is 2.95. The van der Waals surface area contributed by atoms with Crippen LogP contribution in [0.25, 0.3) is 0 Å². The maximum Gasteiger partial charge on any atom is 0.297 e. The van der Waals surface area contributed by atoms with Crippen LogP contribution in [0.2, 0.25) is 0 Å². The monoisotopic (exact) mass is 270 g/mol. The van der Waals surface area contributed by atoms with Crippen LogP contribution in [0.15, 0.2) is 18.2 Å². The number of aryl methyl sites for hydroxylation is 3. The molecule has 0 saturated heterocycles. The van der Waals surface area contributed by atoms with Crippen molar-refractivity contribution in [2.75, 3.05) is 11.4 Å². The molecule has 2 heterocycles. The summed E-state index contributed by atoms with van der Waals surface area (Å²) in [4.78, 5) is 18.7. The van der Waals surface area contributed by atoms with Crippen molar-refractivity contribution in [3.05, 3.63) is 41.0 Å². The highest BCUT2D eigenvalue weighted by atomic mass is 16.2. The zero-order valence-corrected chi connectivity index (χ0v) is 11.8. The van der Waals surface area contributed by atoms with Crippen molar-refractivity contribution in [2.24, 2.45) is 0 Å². The summed E-state index contributed by atoms with van der Waals surface area (Å²) in [6.45, 7) is 4.75. The fourth-order valence-electron chi connectivity index (χ4n) is 2.72. The Morgan fingerprint density at radius 1 is 1.45 bits per heavy atom. The van der Waals surface area contributed by atoms with Crippen LogP contribution >= 0.6 is 0 Å². The Morgan fingerprint density at radius 3 is 3.05 bits per heavy atom. The molecule has 3 rings (SSSR count). The van der Waals surface area contributed by atoms with Crippen LogP contribution in [0.3, 0.4) is 0 Å². The molecule has 20 heavy (non-hydrogen) atoms. The number of amides is 1. The number of nitrogens with one attached hydrogen (secondary N) is 1. The zero-order valence-electron chi connectivity index (χ0n) is 11.8. The van der Waals surface area contributed by atoms with Crippen molar-refractivity contribution in [1.82, 2.24) is 15.2 Å². The lowest BCUT2D eigenvalue weighted by Gasteiger charge is -2.30. The first-order valence-electron chi connectivity index (χ1n) is 7.02. The molecule has 1 N–H and O–H groups in total. The fraction of sp³-hybridized carbons (Fsp3) is 0.400. The predicted molar refractivity (Wildman–Crippen MR) is 76.9 cm³/mol. The van der Waals surface area contributed by atoms with E-state index in [0.29, 0.717) is 0 Å². The van der Waals surface area contributed by atoms with Crippen LogP contribution in [0.1, 0.15) is 40.9 Å². The summed E-state index contributed by atoms with van der Waals surface area (Å²) in [7, 11) is 0. The molecule has 104 valence electrons. The summed E-state index contributed by atoms with van der Waals surface area (Å²) in [5.74, 6) is 0.893. The number of carbonyl (C=O) groups excluding carboxylic acids is 1. The fourth-order valence-corrected chi connectivity index (χ4v) is 2.72. The molecule has 0 unspecified atom stereocenters. The Bertz CT molecular complexity index is 647. The van der Waals surface area contributed by atoms with Crippen LogP contribution in [0.4, 0.5) is 5.69 Å². The summed E-state index contributed by atoms with van der Waals surface area (Å²) in [5, 5.41) is 6.84. The molecule has 1 aromatic heterocycles. The second kappa shape index (κ2) is 5.07. The standard InChI is InChI=1S/C15H18N4O/c1-3-12-16-14(18-17-12)15(20)19-9-5-8-11-7-4-6-10(2)13(11)19/h4,6-7H,3,5,8-9H2,1-2H3,(H,16,17,18). The van der Waals surface area contributed by atoms with E-state index in [4.69, 9.17) is 0 Å². The smallest absolute Gasteiger partial charge is 0.297 e. The predicted octanol–water partition coefficient (Wildman–Crippen LogP) is 2.27. The van der Waals surface area contributed by atoms with E-state index in [1.165, 1.54) is 5.56 Å². The number of para-hydroxylation sites is 1. The lowest BCUT2D eigenvalue weighted by atomic mass is 9.98. The summed E-state index contributed by atoms with van der Waals surface area (Å²) in [6.07, 6.45) is 2.75. The quantitative estimate of drug-likeness (QED) is 0.910. The van der Waals surface area contributed by atoms with E-state index in [0.717, 1.165) is 42.9 Å². The first-order valence-corrected chi connectivity index (χ1v) is 7.02. The topological polar surface area (TPSA) is 61.9 Å². The van der Waals surface area contributed by atoms with E-state index < -0.39 is 0 Å². The molecule has 0 spiro atoms. The van der Waals surface area contributed by atoms with E-state index in [1.807, 2.05) is 30.9 Å². The summed E-state index contributed by atoms with van der Waals surface area (Å²) in [6, 6.07) is 6.18. The highest BCUT2D eigenvalue weighted by Crippen LogP contribution is 2.31. The first kappa shape index (κ1) is 12.8. The molecule has 0 atom stereocenters. The van der Waals surface area contributed by atoms with E-state index >= 15 is 0 Å². The number of benzene rings is 1. The van der Waals surface area contributed by atoms with E-state index in [2.05, 4.69) is 21.2 Å². The van der Waals surface area contributed by atoms with Gasteiger partial charge < -0.3 is 4.90 Å². The molecular formula is C15H18N4O. The van der Waals surface area contributed by atoms with Gasteiger partial charge in [0.2, 0.25) is 5.82 Å². The number of anilines is 1. The van der Waals surface area contributed by atoms with Crippen LogP contribution in [-0.2, 0) is 12.8 Å². The van der Waals surface area contributed by atoms with Gasteiger partial charge in [0.05, 0.1) is 5.69 Å². The Kier molecular flexibility index (Phi) is 3.26. The molecule has 2 aromatic rings. The van der Waals surface area contributed by atoms with Crippen molar-refractivity contribution in [2.45, 2.75) is 33.1 Å². The Morgan fingerprint density at radius 2 is 2.30 bits per heavy atom. The van der Waals surface area contributed by atoms with Crippen LogP contribution < -0.4 is 4.90 Å². The molecule has 0 bridgehead atoms. The number of aromatic nitrogens is 3. The molecule has 0 radical (unpaired) electrons. The van der Waals surface area contributed by atoms with Gasteiger partial charge in [0.25, 0.3) is 5.91 Å². The van der Waals surface area contributed by atoms with Crippen LogP contribution in [0.5, 0.6) is 0 Å². The normalized spacial score (nSPS) is 14.2. The third-order valence-electron chi connectivity index (χ3n) is 3.72. The van der Waals surface area contributed by atoms with Gasteiger partial charge in [-0.25, -0.2) is 4.98 Å². The van der Waals surface area contributed by atoms with Gasteiger partial charge in [0.15, 0.2) is 0 Å². The molecule has 0 saturated carbocycles. The number of aromatic amines is 1. The van der Waals surface area contributed by atoms with Gasteiger partial charge in [0, 0.05) is 13.0 Å². The van der Waals surface area contributed by atoms with Gasteiger partial charge in [-0.1, -0.05) is 25.1 Å². The number of hydrogen-bond acceptors (Lipinski definition) is 3. The van der Waals surface area contributed by atoms with Gasteiger partial charge >= 0.3 is 0 Å². The minimum absolute atomic E-state index is 0.115. The maximum atomic E-state index is 12.6. The average molecular weight is 270 g/mol. The molecule has 1 aromatic carbocycles. The number of H-pyrrole nitrogens is 1. The van der Waals surface area contributed by atoms with Gasteiger partial charge in [-0.2, -0.15) is 0 Å². The Labute approximate surface area is 118 Å². The van der Waals surface area contributed by atoms with E-state index in [1.54, 1.807) is 0 Å². The minimum Gasteiger partial charge on any atom is -0.305 e. The van der Waals surface area contributed by atoms with E-state index in [9.17, 15) is 4.79 Å². The van der Waals surface area contributed by atoms with Gasteiger partial charge in [0.1, 0.15) is 5.82 Å². The van der Waals surface area contributed by atoms with Crippen LogP contribution in [-0.4, -0.2) is 27.6 Å². The van der Waals surface area contributed by atoms with Crippen molar-refractivity contribution < 1.29 is 4.79 Å². The number of carbonyl (C=O) groups is 1. The summed E-state index contributed by atoms with van der Waals surface area (Å²) >= 11 is 0. The largest absolute Gasteiger partial charge is 0.305 e. The molecule has 1 aliphatic heterocycles. The second-order valence-electron chi connectivity index (χ2n) is 5.10. The summed E-state index contributed by atoms with van der Waals surface area (Å²) < 4.78 is 0. The Balaban J connectivity index is 1.98. The number of nitrogens with zero attached hydrogens (tertiary/aromatic N) is 3. The maximum absolute atomic E-state index is 12.6. The molecule has 5 nitrogen and oxygen atoms in total. The van der Waals surface area contributed by atoms with Gasteiger partial charge in [-0.05, 0) is 30.9 Å². The van der Waals surface area contributed by atoms with Crippen molar-refractivity contribution in [1.29, 1.82) is 0 Å². The molecule has 1 aliphatic rings. The molecule has 0 fully saturated rings. The first-order chi connectivity index (χ1) is 9.70. The third kappa shape index (κ3) is 2.09. The molecule has 5 heteroatoms. The Hall–Kier alpha value is -2.17. The van der Waals surface area contributed by atoms with Gasteiger partial charge in [-0.3, -0.25) is 9.89 Å². The van der Waals surface area contributed by atoms with Crippen molar-refractivity contribution in [3.8, 4) is 0 Å². The molecule has 1 amide bonds. The summed E-state index contributed by atoms with van der Waals surface area (Å²) in [5.41, 5.74) is 3.39. The number of rotatable bonds is 2.